The topological polar surface area (TPSA) is 71.1 Å². The zero-order valence-corrected chi connectivity index (χ0v) is 18.4. The lowest BCUT2D eigenvalue weighted by Crippen LogP contribution is -2.33. The van der Waals surface area contributed by atoms with Gasteiger partial charge in [-0.25, -0.2) is 4.98 Å². The van der Waals surface area contributed by atoms with Crippen LogP contribution in [-0.4, -0.2) is 23.3 Å². The van der Waals surface area contributed by atoms with Gasteiger partial charge in [-0.05, 0) is 44.0 Å². The first-order valence-electron chi connectivity index (χ1n) is 10.5. The number of carbonyl (C=O) groups is 2. The molecule has 4 rings (SSSR count). The van der Waals surface area contributed by atoms with E-state index in [1.165, 1.54) is 0 Å². The first-order chi connectivity index (χ1) is 15.4. The van der Waals surface area contributed by atoms with Gasteiger partial charge in [0.15, 0.2) is 0 Å². The first-order valence-corrected chi connectivity index (χ1v) is 10.5. The molecule has 0 fully saturated rings. The van der Waals surface area contributed by atoms with Crippen molar-refractivity contribution in [3.8, 4) is 11.3 Å². The Hall–Kier alpha value is -3.99. The third-order valence-corrected chi connectivity index (χ3v) is 5.46. The van der Waals surface area contributed by atoms with Crippen LogP contribution in [-0.2, 0) is 4.79 Å². The largest absolute Gasteiger partial charge is 0.343 e. The predicted molar refractivity (Wildman–Crippen MR) is 129 cm³/mol. The lowest BCUT2D eigenvalue weighted by atomic mass is 10.0. The van der Waals surface area contributed by atoms with Gasteiger partial charge in [-0.3, -0.25) is 9.59 Å². The molecule has 2 N–H and O–H groups in total. The molecule has 1 heterocycles. The third-order valence-electron chi connectivity index (χ3n) is 5.46. The van der Waals surface area contributed by atoms with Gasteiger partial charge in [-0.1, -0.05) is 66.2 Å². The van der Waals surface area contributed by atoms with Crippen molar-refractivity contribution in [2.45, 2.75) is 20.8 Å². The second-order valence-electron chi connectivity index (χ2n) is 7.94. The average molecular weight is 424 g/mol. The van der Waals surface area contributed by atoms with Crippen molar-refractivity contribution in [3.05, 3.63) is 95.1 Å². The fourth-order valence-electron chi connectivity index (χ4n) is 3.69. The number of fused-ring (bicyclic) bond motifs is 1. The van der Waals surface area contributed by atoms with Gasteiger partial charge in [0.05, 0.1) is 23.3 Å². The molecule has 0 aliphatic heterocycles. The van der Waals surface area contributed by atoms with Crippen LogP contribution < -0.4 is 10.6 Å². The smallest absolute Gasteiger partial charge is 0.252 e. The summed E-state index contributed by atoms with van der Waals surface area (Å²) in [7, 11) is 0. The van der Waals surface area contributed by atoms with E-state index >= 15 is 0 Å². The van der Waals surface area contributed by atoms with E-state index in [0.29, 0.717) is 11.3 Å². The molecule has 1 aromatic heterocycles. The van der Waals surface area contributed by atoms with E-state index in [4.69, 9.17) is 4.98 Å². The monoisotopic (exact) mass is 423 g/mol. The normalized spacial score (nSPS) is 10.7. The fraction of sp³-hybridized carbons (Fsp3) is 0.148. The number of nitrogens with one attached hydrogen (secondary N) is 2. The molecule has 0 atom stereocenters. The quantitative estimate of drug-likeness (QED) is 0.464. The standard InChI is InChI=1S/C27H25N3O2/c1-17-11-13-20(14-12-17)24-15-22(21-9-4-5-10-23(21)29-24)27(32)28-16-25(31)30-26-18(2)7-6-8-19(26)3/h4-15H,16H2,1-3H3,(H,28,32)(H,30,31). The number of nitrogens with zero attached hydrogens (tertiary/aromatic N) is 1. The van der Waals surface area contributed by atoms with Crippen LogP contribution in [0.3, 0.4) is 0 Å². The Balaban J connectivity index is 1.57. The summed E-state index contributed by atoms with van der Waals surface area (Å²) in [5.74, 6) is -0.582. The molecular formula is C27H25N3O2. The summed E-state index contributed by atoms with van der Waals surface area (Å²) in [6, 6.07) is 23.2. The molecule has 5 heteroatoms. The maximum atomic E-state index is 13.1. The van der Waals surface area contributed by atoms with Crippen LogP contribution >= 0.6 is 0 Å². The van der Waals surface area contributed by atoms with Gasteiger partial charge in [-0.15, -0.1) is 0 Å². The van der Waals surface area contributed by atoms with Gasteiger partial charge in [0, 0.05) is 16.6 Å². The molecule has 0 aliphatic rings. The molecule has 4 aromatic rings. The van der Waals surface area contributed by atoms with E-state index in [1.807, 2.05) is 87.5 Å². The van der Waals surface area contributed by atoms with Gasteiger partial charge >= 0.3 is 0 Å². The summed E-state index contributed by atoms with van der Waals surface area (Å²) in [5, 5.41) is 6.40. The zero-order valence-electron chi connectivity index (χ0n) is 18.4. The number of pyridine rings is 1. The van der Waals surface area contributed by atoms with Crippen molar-refractivity contribution in [1.29, 1.82) is 0 Å². The number of aromatic nitrogens is 1. The summed E-state index contributed by atoms with van der Waals surface area (Å²) in [6.07, 6.45) is 0. The Bertz CT molecular complexity index is 1290. The lowest BCUT2D eigenvalue weighted by Gasteiger charge is -2.13. The first kappa shape index (κ1) is 21.2. The van der Waals surface area contributed by atoms with Crippen molar-refractivity contribution in [3.63, 3.8) is 0 Å². The highest BCUT2D eigenvalue weighted by atomic mass is 16.2. The number of aryl methyl sites for hydroxylation is 3. The number of anilines is 1. The number of rotatable bonds is 5. The highest BCUT2D eigenvalue weighted by Gasteiger charge is 2.15. The molecule has 160 valence electrons. The number of benzene rings is 3. The lowest BCUT2D eigenvalue weighted by molar-refractivity contribution is -0.115. The summed E-state index contributed by atoms with van der Waals surface area (Å²) in [4.78, 5) is 30.3. The zero-order chi connectivity index (χ0) is 22.7. The third kappa shape index (κ3) is 4.52. The van der Waals surface area contributed by atoms with Gasteiger partial charge in [0.25, 0.3) is 5.91 Å². The van der Waals surface area contributed by atoms with Crippen molar-refractivity contribution in [2.75, 3.05) is 11.9 Å². The molecule has 0 aliphatic carbocycles. The molecule has 3 aromatic carbocycles. The van der Waals surface area contributed by atoms with Gasteiger partial charge in [-0.2, -0.15) is 0 Å². The van der Waals surface area contributed by atoms with Crippen molar-refractivity contribution in [2.24, 2.45) is 0 Å². The summed E-state index contributed by atoms with van der Waals surface area (Å²) in [5.41, 5.74) is 6.77. The minimum absolute atomic E-state index is 0.122. The average Bonchev–Trinajstić information content (AvgIpc) is 2.79. The molecular weight excluding hydrogens is 398 g/mol. The Morgan fingerprint density at radius 3 is 2.25 bits per heavy atom. The SMILES string of the molecule is Cc1ccc(-c2cc(C(=O)NCC(=O)Nc3c(C)cccc3C)c3ccccc3n2)cc1. The van der Waals surface area contributed by atoms with Gasteiger partial charge < -0.3 is 10.6 Å². The van der Waals surface area contributed by atoms with Crippen molar-refractivity contribution >= 4 is 28.4 Å². The van der Waals surface area contributed by atoms with Crippen molar-refractivity contribution < 1.29 is 9.59 Å². The molecule has 5 nitrogen and oxygen atoms in total. The fourth-order valence-corrected chi connectivity index (χ4v) is 3.69. The predicted octanol–water partition coefficient (Wildman–Crippen LogP) is 5.20. The van der Waals surface area contributed by atoms with E-state index in [-0.39, 0.29) is 18.4 Å². The van der Waals surface area contributed by atoms with Crippen LogP contribution in [0.5, 0.6) is 0 Å². The molecule has 32 heavy (non-hydrogen) atoms. The second kappa shape index (κ2) is 9.02. The van der Waals surface area contributed by atoms with Gasteiger partial charge in [0.2, 0.25) is 5.91 Å². The molecule has 2 amide bonds. The molecule has 0 saturated carbocycles. The van der Waals surface area contributed by atoms with Gasteiger partial charge in [0.1, 0.15) is 0 Å². The van der Waals surface area contributed by atoms with E-state index in [1.54, 1.807) is 6.07 Å². The Morgan fingerprint density at radius 1 is 0.844 bits per heavy atom. The minimum atomic E-state index is -0.311. The number of carbonyl (C=O) groups excluding carboxylic acids is 2. The summed E-state index contributed by atoms with van der Waals surface area (Å²) < 4.78 is 0. The maximum Gasteiger partial charge on any atom is 0.252 e. The highest BCUT2D eigenvalue weighted by molar-refractivity contribution is 6.08. The minimum Gasteiger partial charge on any atom is -0.343 e. The molecule has 0 saturated heterocycles. The Morgan fingerprint density at radius 2 is 1.53 bits per heavy atom. The van der Waals surface area contributed by atoms with Crippen LogP contribution in [0.15, 0.2) is 72.8 Å². The molecule has 0 radical (unpaired) electrons. The number of amides is 2. The molecule has 0 bridgehead atoms. The van der Waals surface area contributed by atoms with E-state index < -0.39 is 0 Å². The molecule has 0 unspecified atom stereocenters. The van der Waals surface area contributed by atoms with E-state index in [9.17, 15) is 9.59 Å². The van der Waals surface area contributed by atoms with Crippen LogP contribution in [0.4, 0.5) is 5.69 Å². The maximum absolute atomic E-state index is 13.1. The number of hydrogen-bond donors (Lipinski definition) is 2. The van der Waals surface area contributed by atoms with Crippen LogP contribution in [0, 0.1) is 20.8 Å². The summed E-state index contributed by atoms with van der Waals surface area (Å²) >= 11 is 0. The Kier molecular flexibility index (Phi) is 5.99. The van der Waals surface area contributed by atoms with Crippen molar-refractivity contribution in [1.82, 2.24) is 10.3 Å². The number of para-hydroxylation sites is 2. The summed E-state index contributed by atoms with van der Waals surface area (Å²) in [6.45, 7) is 5.79. The Labute approximate surface area is 187 Å². The van der Waals surface area contributed by atoms with Crippen LogP contribution in [0.2, 0.25) is 0 Å². The molecule has 0 spiro atoms. The van der Waals surface area contributed by atoms with Crippen LogP contribution in [0.25, 0.3) is 22.2 Å². The van der Waals surface area contributed by atoms with E-state index in [0.717, 1.165) is 38.8 Å². The van der Waals surface area contributed by atoms with Crippen LogP contribution in [0.1, 0.15) is 27.0 Å². The highest BCUT2D eigenvalue weighted by Crippen LogP contribution is 2.25. The number of hydrogen-bond acceptors (Lipinski definition) is 3. The second-order valence-corrected chi connectivity index (χ2v) is 7.94. The van der Waals surface area contributed by atoms with E-state index in [2.05, 4.69) is 10.6 Å².